The topological polar surface area (TPSA) is 132 Å². The van der Waals surface area contributed by atoms with Crippen molar-refractivity contribution >= 4 is 38.6 Å². The molecule has 1 aromatic heterocycles. The summed E-state index contributed by atoms with van der Waals surface area (Å²) < 4.78 is 38.5. The van der Waals surface area contributed by atoms with Crippen LogP contribution in [0.4, 0.5) is 5.69 Å². The molecule has 0 radical (unpaired) electrons. The van der Waals surface area contributed by atoms with Crippen molar-refractivity contribution in [2.75, 3.05) is 5.32 Å². The third kappa shape index (κ3) is 6.08. The van der Waals surface area contributed by atoms with Gasteiger partial charge in [-0.2, -0.15) is 0 Å². The van der Waals surface area contributed by atoms with Crippen molar-refractivity contribution in [1.29, 1.82) is 0 Å². The lowest BCUT2D eigenvalue weighted by molar-refractivity contribution is -0.123. The maximum Gasteiger partial charge on any atom is 0.342 e. The van der Waals surface area contributed by atoms with Crippen LogP contribution in [0.3, 0.4) is 0 Å². The van der Waals surface area contributed by atoms with Crippen molar-refractivity contribution in [3.05, 3.63) is 94.1 Å². The van der Waals surface area contributed by atoms with Crippen LogP contribution in [0.2, 0.25) is 0 Å². The third-order valence-corrected chi connectivity index (χ3v) is 7.55. The van der Waals surface area contributed by atoms with E-state index in [1.807, 2.05) is 18.2 Å². The summed E-state index contributed by atoms with van der Waals surface area (Å²) in [7, 11) is -3.68. The largest absolute Gasteiger partial charge is 0.455 e. The fourth-order valence-corrected chi connectivity index (χ4v) is 5.20. The minimum atomic E-state index is -3.68. The molecule has 2 N–H and O–H groups in total. The Morgan fingerprint density at radius 2 is 1.56 bits per heavy atom. The number of anilines is 1. The Morgan fingerprint density at radius 3 is 2.21 bits per heavy atom. The fraction of sp³-hybridized carbons (Fsp3) is 0.207. The molecule has 1 amide bonds. The molecule has 202 valence electrons. The molecular weight excluding hydrogens is 520 g/mol. The molecule has 4 aromatic rings. The molecule has 39 heavy (non-hydrogen) atoms. The van der Waals surface area contributed by atoms with Crippen LogP contribution in [-0.4, -0.2) is 32.4 Å². The van der Waals surface area contributed by atoms with Gasteiger partial charge in [-0.3, -0.25) is 9.59 Å². The van der Waals surface area contributed by atoms with Gasteiger partial charge in [0.1, 0.15) is 11.3 Å². The molecule has 9 nitrogen and oxygen atoms in total. The number of hydrogen-bond donors (Lipinski definition) is 2. The van der Waals surface area contributed by atoms with Crippen molar-refractivity contribution < 1.29 is 27.2 Å². The lowest BCUT2D eigenvalue weighted by Gasteiger charge is -2.15. The van der Waals surface area contributed by atoms with Gasteiger partial charge in [0.2, 0.25) is 10.0 Å². The average molecular weight is 549 g/mol. The van der Waals surface area contributed by atoms with E-state index >= 15 is 0 Å². The molecule has 0 saturated heterocycles. The number of amides is 1. The van der Waals surface area contributed by atoms with E-state index in [0.29, 0.717) is 22.6 Å². The van der Waals surface area contributed by atoms with Crippen LogP contribution in [0.25, 0.3) is 22.3 Å². The lowest BCUT2D eigenvalue weighted by atomic mass is 10.0. The van der Waals surface area contributed by atoms with Crippen LogP contribution < -0.4 is 15.5 Å². The van der Waals surface area contributed by atoms with Crippen LogP contribution in [0, 0.1) is 6.92 Å². The first-order chi connectivity index (χ1) is 18.5. The van der Waals surface area contributed by atoms with Gasteiger partial charge in [0, 0.05) is 22.9 Å². The van der Waals surface area contributed by atoms with Crippen molar-refractivity contribution in [3.63, 3.8) is 0 Å². The second-order valence-corrected chi connectivity index (χ2v) is 11.0. The molecule has 1 unspecified atom stereocenters. The van der Waals surface area contributed by atoms with E-state index in [0.717, 1.165) is 0 Å². The molecule has 0 aliphatic heterocycles. The van der Waals surface area contributed by atoms with Crippen LogP contribution in [0.1, 0.15) is 36.7 Å². The summed E-state index contributed by atoms with van der Waals surface area (Å²) in [5.41, 5.74) is 1.22. The van der Waals surface area contributed by atoms with Crippen molar-refractivity contribution in [1.82, 2.24) is 4.72 Å². The molecule has 10 heteroatoms. The molecule has 4 rings (SSSR count). The summed E-state index contributed by atoms with van der Waals surface area (Å²) in [5, 5.41) is 2.82. The Kier molecular flexibility index (Phi) is 7.98. The zero-order valence-electron chi connectivity index (χ0n) is 21.8. The maximum absolute atomic E-state index is 13.1. The normalized spacial score (nSPS) is 12.3. The van der Waals surface area contributed by atoms with E-state index in [1.54, 1.807) is 45.0 Å². The maximum atomic E-state index is 13.1. The van der Waals surface area contributed by atoms with E-state index in [-0.39, 0.29) is 32.9 Å². The van der Waals surface area contributed by atoms with E-state index in [9.17, 15) is 22.8 Å². The van der Waals surface area contributed by atoms with Crippen LogP contribution in [0.5, 0.6) is 0 Å². The SMILES string of the molecule is Cc1c(-c2ccccc2)oc2c(C(=O)OC(C)C(=O)Nc3ccc(S(=O)(=O)NC(C)C)cc3)cccc2c1=O. The predicted octanol–water partition coefficient (Wildman–Crippen LogP) is 4.64. The number of carbonyl (C=O) groups is 2. The molecule has 1 heterocycles. The third-order valence-electron chi connectivity index (χ3n) is 5.88. The number of nitrogens with one attached hydrogen (secondary N) is 2. The van der Waals surface area contributed by atoms with Gasteiger partial charge < -0.3 is 14.5 Å². The van der Waals surface area contributed by atoms with Gasteiger partial charge in [-0.15, -0.1) is 0 Å². The van der Waals surface area contributed by atoms with E-state index in [4.69, 9.17) is 9.15 Å². The van der Waals surface area contributed by atoms with E-state index in [1.165, 1.54) is 37.3 Å². The van der Waals surface area contributed by atoms with Gasteiger partial charge >= 0.3 is 5.97 Å². The molecule has 0 aliphatic carbocycles. The van der Waals surface area contributed by atoms with Gasteiger partial charge in [-0.05, 0) is 64.1 Å². The Bertz CT molecular complexity index is 1690. The fourth-order valence-electron chi connectivity index (χ4n) is 3.95. The number of esters is 1. The number of carbonyl (C=O) groups excluding carboxylic acids is 2. The molecule has 0 bridgehead atoms. The van der Waals surface area contributed by atoms with E-state index < -0.39 is 28.0 Å². The predicted molar refractivity (Wildman–Crippen MR) is 148 cm³/mol. The number of ether oxygens (including phenoxy) is 1. The molecule has 0 aliphatic rings. The Labute approximate surface area is 225 Å². The smallest absolute Gasteiger partial charge is 0.342 e. The molecule has 1 atom stereocenters. The summed E-state index contributed by atoms with van der Waals surface area (Å²) in [6, 6.07) is 19.0. The Balaban J connectivity index is 1.53. The highest BCUT2D eigenvalue weighted by molar-refractivity contribution is 7.89. The highest BCUT2D eigenvalue weighted by Gasteiger charge is 2.24. The molecule has 0 fully saturated rings. The first-order valence-corrected chi connectivity index (χ1v) is 13.7. The number of rotatable bonds is 8. The molecule has 3 aromatic carbocycles. The number of fused-ring (bicyclic) bond motifs is 1. The van der Waals surface area contributed by atoms with Gasteiger partial charge in [-0.25, -0.2) is 17.9 Å². The lowest BCUT2D eigenvalue weighted by Crippen LogP contribution is -2.31. The molecule has 0 saturated carbocycles. The zero-order valence-corrected chi connectivity index (χ0v) is 22.7. The Hall–Kier alpha value is -4.28. The van der Waals surface area contributed by atoms with Crippen molar-refractivity contribution in [2.45, 2.75) is 44.7 Å². The van der Waals surface area contributed by atoms with Gasteiger partial charge in [0.25, 0.3) is 5.91 Å². The summed E-state index contributed by atoms with van der Waals surface area (Å²) in [6.45, 7) is 6.49. The number of para-hydroxylation sites is 1. The van der Waals surface area contributed by atoms with Gasteiger partial charge in [0.05, 0.1) is 10.3 Å². The van der Waals surface area contributed by atoms with Crippen LogP contribution in [0.15, 0.2) is 86.9 Å². The first-order valence-electron chi connectivity index (χ1n) is 12.2. The quantitative estimate of drug-likeness (QED) is 0.307. The van der Waals surface area contributed by atoms with E-state index in [2.05, 4.69) is 10.0 Å². The number of benzene rings is 3. The zero-order chi connectivity index (χ0) is 28.3. The first kappa shape index (κ1) is 27.7. The van der Waals surface area contributed by atoms with Crippen LogP contribution >= 0.6 is 0 Å². The standard InChI is InChI=1S/C29H28N2O7S/c1-17(2)31-39(35,36)22-15-13-21(14-16-22)30-28(33)19(4)37-29(34)24-12-8-11-23-25(32)18(3)26(38-27(23)24)20-9-6-5-7-10-20/h5-17,19,31H,1-4H3,(H,30,33). The highest BCUT2D eigenvalue weighted by atomic mass is 32.2. The number of sulfonamides is 1. The minimum absolute atomic E-state index is 0.00800. The van der Waals surface area contributed by atoms with Crippen molar-refractivity contribution in [3.8, 4) is 11.3 Å². The summed E-state index contributed by atoms with van der Waals surface area (Å²) in [6.07, 6.45) is -1.20. The Morgan fingerprint density at radius 1 is 0.897 bits per heavy atom. The number of hydrogen-bond acceptors (Lipinski definition) is 7. The van der Waals surface area contributed by atoms with Crippen LogP contribution in [-0.2, 0) is 19.6 Å². The second-order valence-electron chi connectivity index (χ2n) is 9.27. The summed E-state index contributed by atoms with van der Waals surface area (Å²) in [4.78, 5) is 38.9. The summed E-state index contributed by atoms with van der Waals surface area (Å²) in [5.74, 6) is -1.12. The minimum Gasteiger partial charge on any atom is -0.455 e. The van der Waals surface area contributed by atoms with Crippen molar-refractivity contribution in [2.24, 2.45) is 0 Å². The monoisotopic (exact) mass is 548 g/mol. The summed E-state index contributed by atoms with van der Waals surface area (Å²) >= 11 is 0. The highest BCUT2D eigenvalue weighted by Crippen LogP contribution is 2.28. The molecular formula is C29H28N2O7S. The second kappa shape index (κ2) is 11.2. The van der Waals surface area contributed by atoms with Gasteiger partial charge in [-0.1, -0.05) is 36.4 Å². The molecule has 0 spiro atoms. The average Bonchev–Trinajstić information content (AvgIpc) is 2.90. The van der Waals surface area contributed by atoms with Gasteiger partial charge in [0.15, 0.2) is 17.1 Å².